The van der Waals surface area contributed by atoms with Gasteiger partial charge in [0, 0.05) is 11.8 Å². The Morgan fingerprint density at radius 2 is 1.96 bits per heavy atom. The van der Waals surface area contributed by atoms with Crippen LogP contribution in [0.2, 0.25) is 0 Å². The first-order valence-electron chi connectivity index (χ1n) is 8.03. The van der Waals surface area contributed by atoms with Gasteiger partial charge in [-0.05, 0) is 24.3 Å². The van der Waals surface area contributed by atoms with Crippen molar-refractivity contribution >= 4 is 50.4 Å². The molecule has 0 bridgehead atoms. The van der Waals surface area contributed by atoms with Crippen molar-refractivity contribution in [3.8, 4) is 17.2 Å². The molecule has 142 valence electrons. The molecule has 0 atom stereocenters. The number of halogens is 1. The van der Waals surface area contributed by atoms with Crippen molar-refractivity contribution in [1.29, 1.82) is 0 Å². The van der Waals surface area contributed by atoms with E-state index in [1.54, 1.807) is 31.4 Å². The second kappa shape index (κ2) is 7.45. The van der Waals surface area contributed by atoms with Crippen molar-refractivity contribution in [2.24, 2.45) is 0 Å². The molecule has 0 saturated heterocycles. The van der Waals surface area contributed by atoms with Crippen LogP contribution in [0, 0.1) is 0 Å². The molecule has 28 heavy (non-hydrogen) atoms. The van der Waals surface area contributed by atoms with Crippen molar-refractivity contribution in [3.63, 3.8) is 0 Å². The van der Waals surface area contributed by atoms with Crippen molar-refractivity contribution in [3.05, 3.63) is 48.0 Å². The minimum absolute atomic E-state index is 0.0226. The summed E-state index contributed by atoms with van der Waals surface area (Å²) in [4.78, 5) is 16.4. The predicted molar refractivity (Wildman–Crippen MR) is 105 cm³/mol. The van der Waals surface area contributed by atoms with E-state index in [1.807, 2.05) is 18.2 Å². The first-order chi connectivity index (χ1) is 13.6. The number of methoxy groups -OCH3 is 2. The van der Waals surface area contributed by atoms with Gasteiger partial charge in [0.15, 0.2) is 0 Å². The molecule has 0 saturated carbocycles. The number of rotatable bonds is 5. The van der Waals surface area contributed by atoms with Gasteiger partial charge in [-0.15, -0.1) is 5.10 Å². The molecule has 4 aromatic rings. The maximum Gasteiger partial charge on any atom is 0.340 e. The second-order valence-electron chi connectivity index (χ2n) is 5.51. The number of aromatic nitrogens is 3. The lowest BCUT2D eigenvalue weighted by atomic mass is 10.1. The van der Waals surface area contributed by atoms with Gasteiger partial charge < -0.3 is 13.9 Å². The number of hydrogen-bond acceptors (Lipinski definition) is 9. The fourth-order valence-electron chi connectivity index (χ4n) is 2.60. The van der Waals surface area contributed by atoms with Crippen molar-refractivity contribution in [1.82, 2.24) is 15.2 Å². The summed E-state index contributed by atoms with van der Waals surface area (Å²) >= 11 is 7.73. The fraction of sp³-hybridized carbons (Fsp3) is 0.111. The molecular weight excluding hydrogens is 404 g/mol. The molecule has 0 aliphatic carbocycles. The Balaban J connectivity index is 1.70. The Hall–Kier alpha value is -3.17. The molecule has 0 fully saturated rings. The van der Waals surface area contributed by atoms with Gasteiger partial charge in [-0.3, -0.25) is 0 Å². The number of carbonyl (C=O) groups is 1. The average molecular weight is 417 g/mol. The number of nitrogens with zero attached hydrogens (tertiary/aromatic N) is 4. The highest BCUT2D eigenvalue weighted by Crippen LogP contribution is 2.38. The van der Waals surface area contributed by atoms with Gasteiger partial charge in [0.25, 0.3) is 5.89 Å². The number of carbonyl (C=O) groups excluding carboxylic acids is 1. The highest BCUT2D eigenvalue weighted by atomic mass is 35.5. The summed E-state index contributed by atoms with van der Waals surface area (Å²) in [5, 5.41) is 8.41. The normalized spacial score (nSPS) is 10.8. The van der Waals surface area contributed by atoms with Crippen LogP contribution in [0.5, 0.6) is 5.75 Å². The number of esters is 1. The van der Waals surface area contributed by atoms with Crippen LogP contribution in [-0.2, 0) is 4.74 Å². The molecule has 0 aliphatic rings. The summed E-state index contributed by atoms with van der Waals surface area (Å²) < 4.78 is 17.9. The minimum atomic E-state index is -0.503. The zero-order valence-electron chi connectivity index (χ0n) is 14.7. The van der Waals surface area contributed by atoms with E-state index < -0.39 is 5.97 Å². The van der Waals surface area contributed by atoms with Gasteiger partial charge in [0.2, 0.25) is 5.13 Å². The van der Waals surface area contributed by atoms with Crippen molar-refractivity contribution in [2.75, 3.05) is 18.6 Å². The van der Waals surface area contributed by atoms with Crippen molar-refractivity contribution < 1.29 is 18.7 Å². The maximum atomic E-state index is 12.0. The van der Waals surface area contributed by atoms with Crippen LogP contribution in [0.3, 0.4) is 0 Å². The summed E-state index contributed by atoms with van der Waals surface area (Å²) in [5.41, 5.74) is 1.45. The number of anilines is 2. The van der Waals surface area contributed by atoms with E-state index >= 15 is 0 Å². The first kappa shape index (κ1) is 18.2. The topological polar surface area (TPSA) is 90.6 Å². The average Bonchev–Trinajstić information content (AvgIpc) is 3.39. The van der Waals surface area contributed by atoms with Crippen LogP contribution < -0.4 is 9.16 Å². The van der Waals surface area contributed by atoms with Crippen LogP contribution in [-0.4, -0.2) is 35.4 Å². The molecule has 0 aliphatic heterocycles. The Morgan fingerprint density at radius 1 is 1.14 bits per heavy atom. The molecule has 0 unspecified atom stereocenters. The van der Waals surface area contributed by atoms with E-state index in [0.717, 1.165) is 4.70 Å². The monoisotopic (exact) mass is 416 g/mol. The van der Waals surface area contributed by atoms with Crippen LogP contribution in [0.1, 0.15) is 10.4 Å². The quantitative estimate of drug-likeness (QED) is 0.348. The lowest BCUT2D eigenvalue weighted by Gasteiger charge is -2.05. The molecule has 10 heteroatoms. The third-order valence-corrected chi connectivity index (χ3v) is 5.31. The highest BCUT2D eigenvalue weighted by molar-refractivity contribution is 7.22. The number of benzene rings is 2. The van der Waals surface area contributed by atoms with Gasteiger partial charge in [0.05, 0.1) is 30.0 Å². The van der Waals surface area contributed by atoms with Gasteiger partial charge in [-0.1, -0.05) is 34.6 Å². The van der Waals surface area contributed by atoms with Gasteiger partial charge in [-0.25, -0.2) is 9.78 Å². The lowest BCUT2D eigenvalue weighted by molar-refractivity contribution is 0.0601. The highest BCUT2D eigenvalue weighted by Gasteiger charge is 2.22. The third-order valence-electron chi connectivity index (χ3n) is 3.90. The summed E-state index contributed by atoms with van der Waals surface area (Å²) in [6, 6.07) is 12.4. The molecule has 0 amide bonds. The Bertz CT molecular complexity index is 1160. The van der Waals surface area contributed by atoms with Gasteiger partial charge in [-0.2, -0.15) is 4.42 Å². The van der Waals surface area contributed by atoms with E-state index in [9.17, 15) is 4.79 Å². The largest absolute Gasteiger partial charge is 0.494 e. The first-order valence-corrected chi connectivity index (χ1v) is 9.18. The van der Waals surface area contributed by atoms with Crippen LogP contribution in [0.15, 0.2) is 46.9 Å². The number of fused-ring (bicyclic) bond motifs is 1. The fourth-order valence-corrected chi connectivity index (χ4v) is 3.69. The van der Waals surface area contributed by atoms with Gasteiger partial charge >= 0.3 is 12.0 Å². The van der Waals surface area contributed by atoms with E-state index in [-0.39, 0.29) is 11.9 Å². The van der Waals surface area contributed by atoms with Crippen LogP contribution in [0.4, 0.5) is 11.1 Å². The molecule has 4 rings (SSSR count). The van der Waals surface area contributed by atoms with E-state index in [2.05, 4.69) is 15.2 Å². The zero-order valence-corrected chi connectivity index (χ0v) is 16.3. The lowest BCUT2D eigenvalue weighted by Crippen LogP contribution is -2.03. The maximum absolute atomic E-state index is 12.0. The summed E-state index contributed by atoms with van der Waals surface area (Å²) in [6.45, 7) is 0. The van der Waals surface area contributed by atoms with E-state index in [1.165, 1.54) is 22.9 Å². The standard InChI is InChI=1S/C18H13ClN4O4S/c1-25-12-8-5-9-13-14(12)20-18(28-13)23(19)17-22-21-15(27-17)10-6-3-4-7-11(10)16(24)26-2/h3-9H,1-2H3. The third kappa shape index (κ3) is 3.14. The molecular formula is C18H13ClN4O4S. The molecule has 2 aromatic carbocycles. The van der Waals surface area contributed by atoms with Crippen LogP contribution >= 0.6 is 23.1 Å². The summed E-state index contributed by atoms with van der Waals surface area (Å²) in [5.74, 6) is 0.278. The van der Waals surface area contributed by atoms with Crippen molar-refractivity contribution in [2.45, 2.75) is 0 Å². The number of thiazole rings is 1. The van der Waals surface area contributed by atoms with Gasteiger partial charge in [0.1, 0.15) is 11.3 Å². The SMILES string of the molecule is COC(=O)c1ccccc1-c1nnc(N(Cl)c2nc3c(OC)cccc3s2)o1. The Labute approximate surface area is 168 Å². The summed E-state index contributed by atoms with van der Waals surface area (Å²) in [7, 11) is 2.88. The zero-order chi connectivity index (χ0) is 19.7. The molecule has 0 spiro atoms. The molecule has 0 N–H and O–H groups in total. The molecule has 2 aromatic heterocycles. The molecule has 8 nitrogen and oxygen atoms in total. The molecule has 0 radical (unpaired) electrons. The second-order valence-corrected chi connectivity index (χ2v) is 6.86. The number of hydrogen-bond donors (Lipinski definition) is 0. The van der Waals surface area contributed by atoms with E-state index in [0.29, 0.717) is 27.5 Å². The smallest absolute Gasteiger partial charge is 0.340 e. The Morgan fingerprint density at radius 3 is 2.75 bits per heavy atom. The predicted octanol–water partition coefficient (Wildman–Crippen LogP) is 4.43. The number of ether oxygens (including phenoxy) is 2. The minimum Gasteiger partial charge on any atom is -0.494 e. The van der Waals surface area contributed by atoms with E-state index in [4.69, 9.17) is 25.7 Å². The number of para-hydroxylation sites is 1. The summed E-state index contributed by atoms with van der Waals surface area (Å²) in [6.07, 6.45) is 0. The molecule has 2 heterocycles. The van der Waals surface area contributed by atoms with Crippen LogP contribution in [0.25, 0.3) is 21.7 Å². The Kier molecular flexibility index (Phi) is 4.84.